The molecule has 0 bridgehead atoms. The molecule has 1 atom stereocenters. The molecule has 0 amide bonds. The van der Waals surface area contributed by atoms with Crippen LogP contribution in [0, 0.1) is 9.62 Å². The summed E-state index contributed by atoms with van der Waals surface area (Å²) < 4.78 is 29.8. The Kier molecular flexibility index (Phi) is 7.34. The van der Waals surface area contributed by atoms with Crippen molar-refractivity contribution in [3.05, 3.63) is 155 Å². The first-order chi connectivity index (χ1) is 21.4. The number of benzene rings is 3. The van der Waals surface area contributed by atoms with Gasteiger partial charge in [-0.1, -0.05) is 97.1 Å². The second-order valence-electron chi connectivity index (χ2n) is 11.0. The number of hydrogen-bond donors (Lipinski definition) is 0. The summed E-state index contributed by atoms with van der Waals surface area (Å²) in [5.74, 6) is 0.0718. The van der Waals surface area contributed by atoms with Crippen LogP contribution in [0.3, 0.4) is 0 Å². The van der Waals surface area contributed by atoms with Crippen molar-refractivity contribution in [1.29, 1.82) is 0 Å². The maximum Gasteiger partial charge on any atom is 0.175 e. The summed E-state index contributed by atoms with van der Waals surface area (Å²) in [7, 11) is -3.34. The summed E-state index contributed by atoms with van der Waals surface area (Å²) in [5, 5.41) is 5.42. The number of halogens is 1. The number of aromatic nitrogens is 4. The second kappa shape index (κ2) is 11.3. The maximum absolute atomic E-state index is 12.3. The zero-order valence-corrected chi connectivity index (χ0v) is 26.9. The van der Waals surface area contributed by atoms with Gasteiger partial charge in [0.25, 0.3) is 0 Å². The predicted octanol–water partition coefficient (Wildman–Crippen LogP) is 7.80. The fourth-order valence-corrected chi connectivity index (χ4v) is 7.41. The molecule has 1 unspecified atom stereocenters. The molecule has 6 nitrogen and oxygen atoms in total. The van der Waals surface area contributed by atoms with Crippen LogP contribution >= 0.6 is 22.6 Å². The highest BCUT2D eigenvalue weighted by Crippen LogP contribution is 2.46. The van der Waals surface area contributed by atoms with Gasteiger partial charge >= 0.3 is 0 Å². The van der Waals surface area contributed by atoms with Gasteiger partial charge in [-0.2, -0.15) is 5.10 Å². The van der Waals surface area contributed by atoms with E-state index >= 15 is 0 Å². The van der Waals surface area contributed by atoms with Gasteiger partial charge in [-0.3, -0.25) is 9.08 Å². The molecule has 7 rings (SSSR count). The Balaban J connectivity index is 1.54. The molecule has 3 aromatic heterocycles. The van der Waals surface area contributed by atoms with E-state index in [1.165, 1.54) is 6.26 Å². The van der Waals surface area contributed by atoms with Gasteiger partial charge in [-0.25, -0.2) is 13.4 Å². The molecule has 0 saturated heterocycles. The first kappa shape index (κ1) is 28.5. The van der Waals surface area contributed by atoms with E-state index in [0.717, 1.165) is 49.3 Å². The molecular formula is C36H29IN4O2S. The topological polar surface area (TPSA) is 69.3 Å². The third-order valence-electron chi connectivity index (χ3n) is 8.35. The molecule has 0 radical (unpaired) electrons. The largest absolute Gasteiger partial charge is 0.294 e. The van der Waals surface area contributed by atoms with Crippen molar-refractivity contribution in [2.75, 3.05) is 6.26 Å². The number of nitrogens with zero attached hydrogens (tertiary/aromatic N) is 4. The third-order valence-corrected chi connectivity index (χ3v) is 10.3. The molecule has 218 valence electrons. The molecule has 8 heteroatoms. The Hall–Kier alpha value is -4.28. The Morgan fingerprint density at radius 3 is 2.09 bits per heavy atom. The normalized spacial score (nSPS) is 15.2. The predicted molar refractivity (Wildman–Crippen MR) is 183 cm³/mol. The van der Waals surface area contributed by atoms with Gasteiger partial charge in [-0.15, -0.1) is 0 Å². The average molecular weight is 709 g/mol. The summed E-state index contributed by atoms with van der Waals surface area (Å²) in [5.41, 5.74) is 5.98. The molecule has 0 saturated carbocycles. The molecule has 6 aromatic rings. The minimum atomic E-state index is -3.34. The van der Waals surface area contributed by atoms with Crippen LogP contribution < -0.4 is 0 Å². The van der Waals surface area contributed by atoms with Crippen molar-refractivity contribution in [1.82, 2.24) is 19.2 Å². The summed E-state index contributed by atoms with van der Waals surface area (Å²) >= 11 is 2.29. The summed E-state index contributed by atoms with van der Waals surface area (Å²) in [6, 6.07) is 32.2. The lowest BCUT2D eigenvalue weighted by molar-refractivity contribution is 0.293. The SMILES string of the molecule is CS(=O)(=O)c1ccc(-c2nn(C(c3ccccc3)(c3ccccc3)C3C=CC=CC3)cc2-c2ccc3ncc(I)n3c2)cc1. The van der Waals surface area contributed by atoms with E-state index in [2.05, 4.69) is 128 Å². The van der Waals surface area contributed by atoms with Gasteiger partial charge < -0.3 is 0 Å². The number of rotatable bonds is 7. The summed E-state index contributed by atoms with van der Waals surface area (Å²) in [6.07, 6.45) is 16.9. The molecule has 1 aliphatic rings. The molecule has 0 fully saturated rings. The van der Waals surface area contributed by atoms with Crippen LogP contribution in [0.15, 0.2) is 145 Å². The van der Waals surface area contributed by atoms with E-state index in [-0.39, 0.29) is 10.8 Å². The van der Waals surface area contributed by atoms with E-state index in [9.17, 15) is 8.42 Å². The van der Waals surface area contributed by atoms with Gasteiger partial charge in [0.2, 0.25) is 0 Å². The van der Waals surface area contributed by atoms with Crippen molar-refractivity contribution in [2.45, 2.75) is 16.9 Å². The highest BCUT2D eigenvalue weighted by atomic mass is 127. The van der Waals surface area contributed by atoms with Crippen molar-refractivity contribution in [2.24, 2.45) is 5.92 Å². The van der Waals surface area contributed by atoms with Crippen molar-refractivity contribution in [3.63, 3.8) is 0 Å². The van der Waals surface area contributed by atoms with E-state index in [0.29, 0.717) is 0 Å². The fourth-order valence-electron chi connectivity index (χ4n) is 6.25. The molecule has 1 aliphatic carbocycles. The first-order valence-electron chi connectivity index (χ1n) is 14.3. The summed E-state index contributed by atoms with van der Waals surface area (Å²) in [6.45, 7) is 0. The average Bonchev–Trinajstić information content (AvgIpc) is 3.67. The quantitative estimate of drug-likeness (QED) is 0.159. The molecule has 44 heavy (non-hydrogen) atoms. The molecular weight excluding hydrogens is 679 g/mol. The Morgan fingerprint density at radius 1 is 0.818 bits per heavy atom. The van der Waals surface area contributed by atoms with Crippen LogP contribution in [-0.4, -0.2) is 33.8 Å². The van der Waals surface area contributed by atoms with Crippen molar-refractivity contribution in [3.8, 4) is 22.4 Å². The Labute approximate surface area is 270 Å². The molecule has 3 aromatic carbocycles. The lowest BCUT2D eigenvalue weighted by Gasteiger charge is -2.41. The van der Waals surface area contributed by atoms with Gasteiger partial charge in [0.15, 0.2) is 9.84 Å². The number of pyridine rings is 1. The van der Waals surface area contributed by atoms with E-state index in [1.807, 2.05) is 36.5 Å². The van der Waals surface area contributed by atoms with Crippen LogP contribution in [0.5, 0.6) is 0 Å². The van der Waals surface area contributed by atoms with E-state index in [4.69, 9.17) is 5.10 Å². The fraction of sp³-hybridized carbons (Fsp3) is 0.111. The number of fused-ring (bicyclic) bond motifs is 1. The second-order valence-corrected chi connectivity index (χ2v) is 14.1. The number of allylic oxidation sites excluding steroid dienone is 4. The number of sulfone groups is 1. The zero-order valence-electron chi connectivity index (χ0n) is 24.0. The monoisotopic (exact) mass is 708 g/mol. The van der Waals surface area contributed by atoms with Crippen LogP contribution in [0.4, 0.5) is 0 Å². The molecule has 0 aliphatic heterocycles. The van der Waals surface area contributed by atoms with Gasteiger partial charge in [-0.05, 0) is 64.4 Å². The van der Waals surface area contributed by atoms with Gasteiger partial charge in [0.1, 0.15) is 20.6 Å². The standard InChI is InChI=1S/C36H29IN4O2S/c1-44(42,43)31-20-17-26(18-21-31)35-32(27-19-22-34-38-23-33(37)40(34)24-27)25-41(39-35)36(28-11-5-2-6-12-28,29-13-7-3-8-14-29)30-15-9-4-10-16-30/h2-15,17-25,30H,16H2,1H3. The van der Waals surface area contributed by atoms with E-state index in [1.54, 1.807) is 12.1 Å². The number of imidazole rings is 1. The number of hydrogen-bond acceptors (Lipinski definition) is 4. The minimum absolute atomic E-state index is 0.0718. The van der Waals surface area contributed by atoms with Gasteiger partial charge in [0, 0.05) is 41.3 Å². The maximum atomic E-state index is 12.3. The van der Waals surface area contributed by atoms with Crippen LogP contribution in [0.25, 0.3) is 28.0 Å². The van der Waals surface area contributed by atoms with Crippen LogP contribution in [0.1, 0.15) is 17.5 Å². The third kappa shape index (κ3) is 4.92. The van der Waals surface area contributed by atoms with Crippen molar-refractivity contribution >= 4 is 38.1 Å². The molecule has 0 N–H and O–H groups in total. The molecule has 3 heterocycles. The van der Waals surface area contributed by atoms with E-state index < -0.39 is 15.4 Å². The molecule has 0 spiro atoms. The Morgan fingerprint density at radius 2 is 1.48 bits per heavy atom. The highest BCUT2D eigenvalue weighted by Gasteiger charge is 2.44. The lowest BCUT2D eigenvalue weighted by Crippen LogP contribution is -2.43. The van der Waals surface area contributed by atoms with Crippen LogP contribution in [0.2, 0.25) is 0 Å². The summed E-state index contributed by atoms with van der Waals surface area (Å²) in [4.78, 5) is 4.79. The highest BCUT2D eigenvalue weighted by molar-refractivity contribution is 14.1. The van der Waals surface area contributed by atoms with Gasteiger partial charge in [0.05, 0.1) is 11.1 Å². The first-order valence-corrected chi connectivity index (χ1v) is 17.3. The van der Waals surface area contributed by atoms with Crippen LogP contribution in [-0.2, 0) is 15.4 Å². The lowest BCUT2D eigenvalue weighted by atomic mass is 9.70. The Bertz CT molecular complexity index is 2090. The smallest absolute Gasteiger partial charge is 0.175 e. The van der Waals surface area contributed by atoms with Crippen molar-refractivity contribution < 1.29 is 8.42 Å². The zero-order chi connectivity index (χ0) is 30.3. The minimum Gasteiger partial charge on any atom is -0.294 e.